The van der Waals surface area contributed by atoms with Crippen LogP contribution in [0.4, 0.5) is 0 Å². The van der Waals surface area contributed by atoms with Gasteiger partial charge in [0.1, 0.15) is 5.75 Å². The Kier molecular flexibility index (Phi) is 5.46. The minimum atomic E-state index is -0.624. The lowest BCUT2D eigenvalue weighted by molar-refractivity contribution is -0.238. The van der Waals surface area contributed by atoms with Crippen molar-refractivity contribution in [2.75, 3.05) is 14.1 Å². The fraction of sp³-hybridized carbons (Fsp3) is 0.391. The number of likely N-dealkylation sites (N-methyl/N-ethyl adjacent to an activating group) is 1. The Morgan fingerprint density at radius 1 is 1.07 bits per heavy atom. The number of carbonyl (C=O) groups is 2. The zero-order valence-electron chi connectivity index (χ0n) is 17.2. The van der Waals surface area contributed by atoms with E-state index in [1.807, 2.05) is 19.0 Å². The van der Waals surface area contributed by atoms with Gasteiger partial charge in [-0.2, -0.15) is 0 Å². The predicted molar refractivity (Wildman–Crippen MR) is 109 cm³/mol. The summed E-state index contributed by atoms with van der Waals surface area (Å²) in [6, 6.07) is 9.63. The van der Waals surface area contributed by atoms with Gasteiger partial charge in [-0.05, 0) is 27.1 Å². The van der Waals surface area contributed by atoms with E-state index < -0.39 is 18.5 Å². The van der Waals surface area contributed by atoms with Gasteiger partial charge in [0, 0.05) is 34.7 Å². The Balaban J connectivity index is 1.56. The first kappa shape index (κ1) is 20.7. The van der Waals surface area contributed by atoms with E-state index in [2.05, 4.69) is 0 Å². The maximum atomic E-state index is 12.9. The van der Waals surface area contributed by atoms with Crippen LogP contribution in [0, 0.1) is 0 Å². The second kappa shape index (κ2) is 7.92. The summed E-state index contributed by atoms with van der Waals surface area (Å²) in [5.74, 6) is -0.901. The molecule has 0 saturated carbocycles. The minimum Gasteiger partial charge on any atom is -0.507 e. The average Bonchev–Trinajstić information content (AvgIpc) is 2.73. The highest BCUT2D eigenvalue weighted by molar-refractivity contribution is 6.29. The molecule has 1 heterocycles. The molecular weight excluding hydrogens is 386 g/mol. The van der Waals surface area contributed by atoms with E-state index in [4.69, 9.17) is 9.47 Å². The van der Waals surface area contributed by atoms with Crippen molar-refractivity contribution in [1.82, 2.24) is 4.90 Å². The van der Waals surface area contributed by atoms with Crippen LogP contribution in [0.25, 0.3) is 0 Å². The van der Waals surface area contributed by atoms with E-state index in [0.29, 0.717) is 17.5 Å². The van der Waals surface area contributed by atoms with Gasteiger partial charge in [0.25, 0.3) is 0 Å². The van der Waals surface area contributed by atoms with E-state index in [-0.39, 0.29) is 46.7 Å². The third-order valence-corrected chi connectivity index (χ3v) is 5.91. The van der Waals surface area contributed by atoms with Gasteiger partial charge in [0.05, 0.1) is 24.4 Å². The van der Waals surface area contributed by atoms with Crippen molar-refractivity contribution in [3.05, 3.63) is 64.2 Å². The van der Waals surface area contributed by atoms with E-state index in [1.54, 1.807) is 43.3 Å². The van der Waals surface area contributed by atoms with Gasteiger partial charge in [-0.25, -0.2) is 0 Å². The smallest absolute Gasteiger partial charge is 0.198 e. The van der Waals surface area contributed by atoms with Crippen molar-refractivity contribution >= 4 is 11.6 Å². The van der Waals surface area contributed by atoms with Crippen LogP contribution in [-0.2, 0) is 16.1 Å². The molecular formula is C23H25NO6. The predicted octanol–water partition coefficient (Wildman–Crippen LogP) is 2.11. The number of carbonyl (C=O) groups excluding carboxylic acids is 2. The van der Waals surface area contributed by atoms with Crippen molar-refractivity contribution in [2.45, 2.75) is 44.5 Å². The molecule has 2 aliphatic rings. The molecule has 0 amide bonds. The van der Waals surface area contributed by atoms with Crippen molar-refractivity contribution in [2.24, 2.45) is 0 Å². The molecule has 0 aromatic heterocycles. The Morgan fingerprint density at radius 2 is 1.73 bits per heavy atom. The molecule has 1 fully saturated rings. The van der Waals surface area contributed by atoms with Crippen molar-refractivity contribution in [3.8, 4) is 5.75 Å². The van der Waals surface area contributed by atoms with Crippen LogP contribution in [0.15, 0.2) is 36.4 Å². The first-order valence-electron chi connectivity index (χ1n) is 9.94. The van der Waals surface area contributed by atoms with E-state index in [0.717, 1.165) is 0 Å². The summed E-state index contributed by atoms with van der Waals surface area (Å²) in [7, 11) is 3.78. The van der Waals surface area contributed by atoms with Crippen molar-refractivity contribution < 1.29 is 29.3 Å². The van der Waals surface area contributed by atoms with Gasteiger partial charge in [-0.1, -0.05) is 30.3 Å². The fourth-order valence-corrected chi connectivity index (χ4v) is 4.16. The Morgan fingerprint density at radius 3 is 2.40 bits per heavy atom. The van der Waals surface area contributed by atoms with Crippen molar-refractivity contribution in [3.63, 3.8) is 0 Å². The molecule has 7 heteroatoms. The van der Waals surface area contributed by atoms with Gasteiger partial charge in [-0.15, -0.1) is 0 Å². The molecule has 2 N–H and O–H groups in total. The Labute approximate surface area is 174 Å². The number of hydrogen-bond donors (Lipinski definition) is 2. The zero-order chi connectivity index (χ0) is 21.6. The number of ether oxygens (including phenoxy) is 2. The average molecular weight is 411 g/mol. The summed E-state index contributed by atoms with van der Waals surface area (Å²) in [5, 5.41) is 21.1. The number of phenolic OH excluding ortho intramolecular Hbond substituents is 1. The molecule has 1 saturated heterocycles. The summed E-state index contributed by atoms with van der Waals surface area (Å²) in [6.45, 7) is 1.80. The number of benzene rings is 2. The van der Waals surface area contributed by atoms with Gasteiger partial charge < -0.3 is 24.6 Å². The highest BCUT2D eigenvalue weighted by atomic mass is 16.7. The molecule has 1 aliphatic carbocycles. The van der Waals surface area contributed by atoms with Crippen LogP contribution in [0.5, 0.6) is 5.75 Å². The Hall–Kier alpha value is -2.58. The zero-order valence-corrected chi connectivity index (χ0v) is 17.2. The van der Waals surface area contributed by atoms with Gasteiger partial charge in [-0.3, -0.25) is 9.59 Å². The van der Waals surface area contributed by atoms with Crippen molar-refractivity contribution in [1.29, 1.82) is 0 Å². The second-order valence-corrected chi connectivity index (χ2v) is 8.04. The molecule has 0 unspecified atom stereocenters. The highest BCUT2D eigenvalue weighted by Gasteiger charge is 2.37. The van der Waals surface area contributed by atoms with Crippen LogP contribution >= 0.6 is 0 Å². The van der Waals surface area contributed by atoms with Gasteiger partial charge >= 0.3 is 0 Å². The minimum absolute atomic E-state index is 0.00978. The highest BCUT2D eigenvalue weighted by Crippen LogP contribution is 2.35. The van der Waals surface area contributed by atoms with Gasteiger partial charge in [0.15, 0.2) is 17.9 Å². The SMILES string of the molecule is C[C@H]1O[C@H](OCc2ccc3c(c2O)C(=O)c2ccccc2C3=O)C[C@@H](N(C)C)[C@@H]1O. The number of nitrogens with zero attached hydrogens (tertiary/aromatic N) is 1. The summed E-state index contributed by atoms with van der Waals surface area (Å²) in [4.78, 5) is 27.6. The van der Waals surface area contributed by atoms with Crippen LogP contribution in [0.2, 0.25) is 0 Å². The maximum absolute atomic E-state index is 12.9. The lowest BCUT2D eigenvalue weighted by Crippen LogP contribution is -2.53. The van der Waals surface area contributed by atoms with Crippen LogP contribution in [0.3, 0.4) is 0 Å². The topological polar surface area (TPSA) is 96.3 Å². The van der Waals surface area contributed by atoms with Crippen LogP contribution in [0.1, 0.15) is 50.8 Å². The molecule has 2 aromatic carbocycles. The number of fused-ring (bicyclic) bond motifs is 2. The molecule has 158 valence electrons. The molecule has 4 atom stereocenters. The number of aromatic hydroxyl groups is 1. The maximum Gasteiger partial charge on any atom is 0.198 e. The van der Waals surface area contributed by atoms with E-state index in [9.17, 15) is 19.8 Å². The number of rotatable bonds is 4. The number of phenols is 1. The standard InChI is InChI=1S/C23H25NO6/c1-12-20(25)17(24(2)3)10-18(30-12)29-11-13-8-9-16-19(21(13)26)23(28)15-7-5-4-6-14(15)22(16)27/h4-9,12,17-18,20,25-26H,10-11H2,1-3H3/t12-,17-,18+,20-/m1/s1. The first-order chi connectivity index (χ1) is 14.3. The molecule has 0 spiro atoms. The largest absolute Gasteiger partial charge is 0.507 e. The summed E-state index contributed by atoms with van der Waals surface area (Å²) >= 11 is 0. The molecule has 1 aliphatic heterocycles. The third kappa shape index (κ3) is 3.44. The fourth-order valence-electron chi connectivity index (χ4n) is 4.16. The van der Waals surface area contributed by atoms with Crippen LogP contribution in [-0.4, -0.2) is 65.3 Å². The molecule has 2 aromatic rings. The molecule has 4 rings (SSSR count). The summed E-state index contributed by atoms with van der Waals surface area (Å²) in [6.07, 6.45) is -1.12. The van der Waals surface area contributed by atoms with Crippen LogP contribution < -0.4 is 0 Å². The summed E-state index contributed by atoms with van der Waals surface area (Å²) in [5.41, 5.74) is 1.24. The molecule has 0 bridgehead atoms. The lowest BCUT2D eigenvalue weighted by Gasteiger charge is -2.40. The lowest BCUT2D eigenvalue weighted by atomic mass is 9.83. The summed E-state index contributed by atoms with van der Waals surface area (Å²) < 4.78 is 11.6. The monoisotopic (exact) mass is 411 g/mol. The quantitative estimate of drug-likeness (QED) is 0.679. The molecule has 0 radical (unpaired) electrons. The number of hydrogen-bond acceptors (Lipinski definition) is 7. The van der Waals surface area contributed by atoms with E-state index in [1.165, 1.54) is 0 Å². The Bertz CT molecular complexity index is 1000. The number of ketones is 2. The number of aliphatic hydroxyl groups excluding tert-OH is 1. The third-order valence-electron chi connectivity index (χ3n) is 5.91. The first-order valence-corrected chi connectivity index (χ1v) is 9.94. The molecule has 30 heavy (non-hydrogen) atoms. The van der Waals surface area contributed by atoms with Gasteiger partial charge in [0.2, 0.25) is 0 Å². The number of aliphatic hydroxyl groups is 1. The molecule has 7 nitrogen and oxygen atoms in total. The van der Waals surface area contributed by atoms with E-state index >= 15 is 0 Å². The second-order valence-electron chi connectivity index (χ2n) is 8.04. The normalized spacial score (nSPS) is 25.9.